The van der Waals surface area contributed by atoms with E-state index in [1.165, 1.54) is 5.56 Å². The molecule has 0 unspecified atom stereocenters. The lowest BCUT2D eigenvalue weighted by molar-refractivity contribution is -0.127. The third-order valence-corrected chi connectivity index (χ3v) is 6.72. The molecule has 1 amide bonds. The van der Waals surface area contributed by atoms with Gasteiger partial charge in [0, 0.05) is 45.2 Å². The second kappa shape index (κ2) is 9.42. The van der Waals surface area contributed by atoms with Crippen LogP contribution in [0.5, 0.6) is 0 Å². The average Bonchev–Trinajstić information content (AvgIpc) is 3.41. The molecule has 2 aromatic heterocycles. The Kier molecular flexibility index (Phi) is 6.19. The number of pyridine rings is 1. The maximum atomic E-state index is 12.0. The van der Waals surface area contributed by atoms with E-state index in [9.17, 15) is 4.79 Å². The summed E-state index contributed by atoms with van der Waals surface area (Å²) in [7, 11) is 1.88. The smallest absolute Gasteiger partial charge is 0.222 e. The third kappa shape index (κ3) is 4.48. The summed E-state index contributed by atoms with van der Waals surface area (Å²) in [6.45, 7) is 7.71. The SMILES string of the molecule is C/C(=N\Nc1cc(N2CCOCC2)c2ncn(C[C@@H]3CCC(=O)N3C)c2n1)c1cccc(C)c1. The van der Waals surface area contributed by atoms with E-state index >= 15 is 0 Å². The molecule has 1 atom stereocenters. The van der Waals surface area contributed by atoms with Crippen LogP contribution in [-0.4, -0.2) is 70.4 Å². The van der Waals surface area contributed by atoms with Crippen LogP contribution in [0.25, 0.3) is 11.2 Å². The Morgan fingerprint density at radius 2 is 2.09 bits per heavy atom. The van der Waals surface area contributed by atoms with Crippen LogP contribution < -0.4 is 10.3 Å². The van der Waals surface area contributed by atoms with Gasteiger partial charge >= 0.3 is 0 Å². The number of aryl methyl sites for hydroxylation is 1. The van der Waals surface area contributed by atoms with Crippen LogP contribution in [0.3, 0.4) is 0 Å². The van der Waals surface area contributed by atoms with Crippen molar-refractivity contribution in [2.75, 3.05) is 43.7 Å². The lowest BCUT2D eigenvalue weighted by Gasteiger charge is -2.29. The largest absolute Gasteiger partial charge is 0.378 e. The molecule has 9 heteroatoms. The number of benzene rings is 1. The summed E-state index contributed by atoms with van der Waals surface area (Å²) < 4.78 is 7.62. The predicted molar refractivity (Wildman–Crippen MR) is 133 cm³/mol. The molecule has 0 bridgehead atoms. The Bertz CT molecular complexity index is 1230. The molecule has 0 aliphatic carbocycles. The minimum absolute atomic E-state index is 0.150. The van der Waals surface area contributed by atoms with Gasteiger partial charge in [-0.15, -0.1) is 0 Å². The summed E-state index contributed by atoms with van der Waals surface area (Å²) in [6, 6.07) is 10.4. The van der Waals surface area contributed by atoms with E-state index in [0.29, 0.717) is 32.0 Å². The zero-order valence-corrected chi connectivity index (χ0v) is 20.0. The number of nitrogens with zero attached hydrogens (tertiary/aromatic N) is 6. The van der Waals surface area contributed by atoms with Gasteiger partial charge in [-0.3, -0.25) is 10.2 Å². The summed E-state index contributed by atoms with van der Waals surface area (Å²) in [6.07, 6.45) is 3.28. The summed E-state index contributed by atoms with van der Waals surface area (Å²) >= 11 is 0. The number of nitrogens with one attached hydrogen (secondary N) is 1. The first kappa shape index (κ1) is 22.3. The molecule has 1 aromatic carbocycles. The number of imidazole rings is 1. The molecule has 0 spiro atoms. The van der Waals surface area contributed by atoms with Gasteiger partial charge in [-0.2, -0.15) is 5.10 Å². The molecule has 0 saturated carbocycles. The number of rotatable bonds is 6. The van der Waals surface area contributed by atoms with E-state index in [0.717, 1.165) is 47.6 Å². The Balaban J connectivity index is 1.49. The number of morpholine rings is 1. The van der Waals surface area contributed by atoms with E-state index < -0.39 is 0 Å². The third-order valence-electron chi connectivity index (χ3n) is 6.72. The van der Waals surface area contributed by atoms with Crippen molar-refractivity contribution >= 4 is 34.3 Å². The minimum atomic E-state index is 0.150. The highest BCUT2D eigenvalue weighted by atomic mass is 16.5. The van der Waals surface area contributed by atoms with E-state index in [1.54, 1.807) is 0 Å². The Morgan fingerprint density at radius 1 is 1.26 bits per heavy atom. The van der Waals surface area contributed by atoms with Crippen molar-refractivity contribution in [3.63, 3.8) is 0 Å². The summed E-state index contributed by atoms with van der Waals surface area (Å²) in [4.78, 5) is 25.8. The fourth-order valence-electron chi connectivity index (χ4n) is 4.63. The number of likely N-dealkylation sites (N-methyl/N-ethyl adjacent to an activating group) is 1. The zero-order chi connectivity index (χ0) is 23.7. The Labute approximate surface area is 199 Å². The van der Waals surface area contributed by atoms with Crippen LogP contribution in [-0.2, 0) is 16.1 Å². The van der Waals surface area contributed by atoms with Gasteiger partial charge in [0.25, 0.3) is 0 Å². The highest BCUT2D eigenvalue weighted by molar-refractivity contribution is 5.99. The van der Waals surface area contributed by atoms with Crippen molar-refractivity contribution in [2.45, 2.75) is 39.3 Å². The number of carbonyl (C=O) groups is 1. The molecule has 3 aromatic rings. The molecule has 5 rings (SSSR count). The van der Waals surface area contributed by atoms with Gasteiger partial charge in [-0.05, 0) is 25.8 Å². The van der Waals surface area contributed by atoms with Crippen LogP contribution in [0, 0.1) is 6.92 Å². The van der Waals surface area contributed by atoms with Gasteiger partial charge < -0.3 is 19.1 Å². The first-order valence-electron chi connectivity index (χ1n) is 11.8. The monoisotopic (exact) mass is 461 g/mol. The van der Waals surface area contributed by atoms with Crippen LogP contribution in [0.2, 0.25) is 0 Å². The van der Waals surface area contributed by atoms with Gasteiger partial charge in [-0.25, -0.2) is 9.97 Å². The summed E-state index contributed by atoms with van der Waals surface area (Å²) in [5, 5.41) is 4.62. The van der Waals surface area contributed by atoms with Crippen LogP contribution in [0.15, 0.2) is 41.8 Å². The molecule has 9 nitrogen and oxygen atoms in total. The van der Waals surface area contributed by atoms with Crippen LogP contribution in [0.1, 0.15) is 30.9 Å². The Hall–Kier alpha value is -3.46. The molecule has 178 valence electrons. The van der Waals surface area contributed by atoms with E-state index in [1.807, 2.05) is 37.3 Å². The molecule has 34 heavy (non-hydrogen) atoms. The number of hydrogen-bond donors (Lipinski definition) is 1. The van der Waals surface area contributed by atoms with Gasteiger partial charge in [0.05, 0.1) is 30.9 Å². The number of anilines is 2. The molecule has 2 aliphatic heterocycles. The number of fused-ring (bicyclic) bond motifs is 1. The standard InChI is InChI=1S/C25H31N7O2/c1-17-5-4-6-19(13-17)18(2)28-29-22-14-21(31-9-11-34-12-10-31)24-25(27-22)32(16-26-24)15-20-7-8-23(33)30(20)3/h4-6,13-14,16,20H,7-12,15H2,1-3H3,(H,27,29)/b28-18+/t20-/m0/s1. The van der Waals surface area contributed by atoms with Crippen LogP contribution in [0.4, 0.5) is 11.5 Å². The molecule has 2 fully saturated rings. The quantitative estimate of drug-likeness (QED) is 0.449. The normalized spacial score (nSPS) is 19.3. The number of hydrazone groups is 1. The second-order valence-corrected chi connectivity index (χ2v) is 9.07. The number of amides is 1. The van der Waals surface area contributed by atoms with E-state index in [2.05, 4.69) is 45.1 Å². The maximum absolute atomic E-state index is 12.0. The predicted octanol–water partition coefficient (Wildman–Crippen LogP) is 3.03. The first-order chi connectivity index (χ1) is 16.5. The molecule has 1 N–H and O–H groups in total. The van der Waals surface area contributed by atoms with Gasteiger partial charge in [-0.1, -0.05) is 29.8 Å². The van der Waals surface area contributed by atoms with Crippen molar-refractivity contribution in [3.8, 4) is 0 Å². The van der Waals surface area contributed by atoms with Gasteiger partial charge in [0.1, 0.15) is 5.52 Å². The maximum Gasteiger partial charge on any atom is 0.222 e. The van der Waals surface area contributed by atoms with Crippen molar-refractivity contribution in [3.05, 3.63) is 47.8 Å². The zero-order valence-electron chi connectivity index (χ0n) is 20.0. The minimum Gasteiger partial charge on any atom is -0.378 e. The lowest BCUT2D eigenvalue weighted by Crippen LogP contribution is -2.36. The topological polar surface area (TPSA) is 87.9 Å². The molecular formula is C25H31N7O2. The second-order valence-electron chi connectivity index (χ2n) is 9.07. The van der Waals surface area contributed by atoms with Gasteiger partial charge in [0.2, 0.25) is 5.91 Å². The molecule has 2 aliphatic rings. The van der Waals surface area contributed by atoms with Crippen molar-refractivity contribution in [1.29, 1.82) is 0 Å². The number of hydrogen-bond acceptors (Lipinski definition) is 7. The molecule has 0 radical (unpaired) electrons. The first-order valence-corrected chi connectivity index (χ1v) is 11.8. The van der Waals surface area contributed by atoms with Crippen molar-refractivity contribution in [2.24, 2.45) is 5.10 Å². The summed E-state index contributed by atoms with van der Waals surface area (Å²) in [5.74, 6) is 0.860. The number of ether oxygens (including phenoxy) is 1. The Morgan fingerprint density at radius 3 is 2.82 bits per heavy atom. The molecular weight excluding hydrogens is 430 g/mol. The highest BCUT2D eigenvalue weighted by Crippen LogP contribution is 2.29. The molecule has 4 heterocycles. The van der Waals surface area contributed by atoms with E-state index in [-0.39, 0.29) is 11.9 Å². The van der Waals surface area contributed by atoms with Gasteiger partial charge in [0.15, 0.2) is 11.5 Å². The van der Waals surface area contributed by atoms with Crippen LogP contribution >= 0.6 is 0 Å². The summed E-state index contributed by atoms with van der Waals surface area (Å²) in [5.41, 5.74) is 9.00. The van der Waals surface area contributed by atoms with Crippen molar-refractivity contribution < 1.29 is 9.53 Å². The average molecular weight is 462 g/mol. The number of aromatic nitrogens is 3. The molecule has 2 saturated heterocycles. The number of likely N-dealkylation sites (tertiary alicyclic amines) is 1. The fourth-order valence-corrected chi connectivity index (χ4v) is 4.63. The number of carbonyl (C=O) groups excluding carboxylic acids is 1. The fraction of sp³-hybridized carbons (Fsp3) is 0.440. The lowest BCUT2D eigenvalue weighted by atomic mass is 10.1. The van der Waals surface area contributed by atoms with Crippen molar-refractivity contribution in [1.82, 2.24) is 19.4 Å². The highest BCUT2D eigenvalue weighted by Gasteiger charge is 2.29. The van der Waals surface area contributed by atoms with E-state index in [4.69, 9.17) is 14.7 Å².